The predicted octanol–water partition coefficient (Wildman–Crippen LogP) is 2.26. The fourth-order valence-electron chi connectivity index (χ4n) is 1.52. The normalized spacial score (nSPS) is 15.1. The zero-order valence-electron chi connectivity index (χ0n) is 8.39. The summed E-state index contributed by atoms with van der Waals surface area (Å²) in [7, 11) is 0. The van der Waals surface area contributed by atoms with Gasteiger partial charge >= 0.3 is 5.97 Å². The van der Waals surface area contributed by atoms with Gasteiger partial charge in [-0.2, -0.15) is 0 Å². The van der Waals surface area contributed by atoms with E-state index in [9.17, 15) is 9.18 Å². The number of carboxylic acids is 1. The second-order valence-corrected chi connectivity index (χ2v) is 4.26. The summed E-state index contributed by atoms with van der Waals surface area (Å²) < 4.78 is 12.9. The lowest BCUT2D eigenvalue weighted by Gasteiger charge is -2.18. The number of nitrogens with zero attached hydrogens (tertiary/aromatic N) is 1. The molecule has 3 nitrogen and oxygen atoms in total. The first-order valence-corrected chi connectivity index (χ1v) is 5.76. The van der Waals surface area contributed by atoms with Crippen LogP contribution in [-0.2, 0) is 11.3 Å². The van der Waals surface area contributed by atoms with Crippen LogP contribution in [0.15, 0.2) is 35.4 Å². The largest absolute Gasteiger partial charge is 0.477 e. The van der Waals surface area contributed by atoms with Gasteiger partial charge in [-0.05, 0) is 17.7 Å². The minimum absolute atomic E-state index is 0.272. The summed E-state index contributed by atoms with van der Waals surface area (Å²) in [6.45, 7) is 0.420. The number of carboxylic acid groups (broad SMARTS) is 1. The number of carbonyl (C=O) groups is 1. The summed E-state index contributed by atoms with van der Waals surface area (Å²) in [5.41, 5.74) is 1.05. The third-order valence-corrected chi connectivity index (χ3v) is 3.10. The van der Waals surface area contributed by atoms with Crippen molar-refractivity contribution < 1.29 is 14.3 Å². The Hall–Kier alpha value is -1.49. The Kier molecular flexibility index (Phi) is 3.14. The van der Waals surface area contributed by atoms with Crippen LogP contribution in [0.2, 0.25) is 0 Å². The van der Waals surface area contributed by atoms with Crippen molar-refractivity contribution in [3.8, 4) is 0 Å². The molecule has 1 heterocycles. The molecular weight excluding hydrogens is 229 g/mol. The third-order valence-electron chi connectivity index (χ3n) is 2.25. The zero-order chi connectivity index (χ0) is 11.5. The highest BCUT2D eigenvalue weighted by Crippen LogP contribution is 2.25. The molecule has 0 radical (unpaired) electrons. The summed E-state index contributed by atoms with van der Waals surface area (Å²) in [6.07, 6.45) is 0. The number of halogens is 1. The van der Waals surface area contributed by atoms with Crippen LogP contribution in [0.5, 0.6) is 0 Å². The topological polar surface area (TPSA) is 40.5 Å². The van der Waals surface area contributed by atoms with Gasteiger partial charge in [0.05, 0.1) is 5.88 Å². The molecule has 0 aromatic heterocycles. The molecule has 0 amide bonds. The van der Waals surface area contributed by atoms with Crippen molar-refractivity contribution >= 4 is 17.7 Å². The molecule has 0 bridgehead atoms. The number of benzene rings is 1. The number of rotatable bonds is 3. The van der Waals surface area contributed by atoms with Gasteiger partial charge in [-0.15, -0.1) is 11.8 Å². The molecule has 0 aliphatic carbocycles. The van der Waals surface area contributed by atoms with Crippen molar-refractivity contribution in [2.24, 2.45) is 0 Å². The van der Waals surface area contributed by atoms with E-state index in [1.165, 1.54) is 23.9 Å². The molecule has 16 heavy (non-hydrogen) atoms. The van der Waals surface area contributed by atoms with Gasteiger partial charge in [-0.25, -0.2) is 9.18 Å². The average molecular weight is 239 g/mol. The number of thioether (sulfide) groups is 1. The SMILES string of the molecule is O=C(O)C1=CSCN1Cc1cccc(F)c1. The Balaban J connectivity index is 2.11. The van der Waals surface area contributed by atoms with Crippen LogP contribution in [0.3, 0.4) is 0 Å². The molecule has 1 aliphatic rings. The number of hydrogen-bond acceptors (Lipinski definition) is 3. The maximum atomic E-state index is 12.9. The minimum Gasteiger partial charge on any atom is -0.477 e. The second-order valence-electron chi connectivity index (χ2n) is 3.43. The molecule has 0 unspecified atom stereocenters. The first-order valence-electron chi connectivity index (χ1n) is 4.71. The molecule has 0 atom stereocenters. The maximum Gasteiger partial charge on any atom is 0.352 e. The van der Waals surface area contributed by atoms with Crippen molar-refractivity contribution in [2.45, 2.75) is 6.54 Å². The van der Waals surface area contributed by atoms with Gasteiger partial charge in [0, 0.05) is 12.0 Å². The molecule has 0 saturated heterocycles. The lowest BCUT2D eigenvalue weighted by molar-refractivity contribution is -0.134. The highest BCUT2D eigenvalue weighted by atomic mass is 32.2. The van der Waals surface area contributed by atoms with Crippen LogP contribution in [0.1, 0.15) is 5.56 Å². The molecule has 1 aromatic rings. The van der Waals surface area contributed by atoms with E-state index < -0.39 is 5.97 Å². The Morgan fingerprint density at radius 3 is 3.06 bits per heavy atom. The molecule has 0 fully saturated rings. The van der Waals surface area contributed by atoms with Gasteiger partial charge in [0.25, 0.3) is 0 Å². The van der Waals surface area contributed by atoms with Crippen LogP contribution in [0.4, 0.5) is 4.39 Å². The molecule has 0 spiro atoms. The van der Waals surface area contributed by atoms with Gasteiger partial charge in [0.2, 0.25) is 0 Å². The highest BCUT2D eigenvalue weighted by Gasteiger charge is 2.21. The van der Waals surface area contributed by atoms with Gasteiger partial charge in [0.1, 0.15) is 11.5 Å². The van der Waals surface area contributed by atoms with E-state index in [2.05, 4.69) is 0 Å². The standard InChI is InChI=1S/C11H10FNO2S/c12-9-3-1-2-8(4-9)5-13-7-16-6-10(13)11(14)15/h1-4,6H,5,7H2,(H,14,15). The first-order chi connectivity index (χ1) is 7.66. The van der Waals surface area contributed by atoms with Crippen molar-refractivity contribution in [3.63, 3.8) is 0 Å². The van der Waals surface area contributed by atoms with Crippen LogP contribution in [0.25, 0.3) is 0 Å². The minimum atomic E-state index is -0.943. The van der Waals surface area contributed by atoms with Gasteiger partial charge < -0.3 is 10.0 Å². The molecular formula is C11H10FNO2S. The van der Waals surface area contributed by atoms with Crippen molar-refractivity contribution in [1.29, 1.82) is 0 Å². The fourth-order valence-corrected chi connectivity index (χ4v) is 2.42. The Labute approximate surface area is 96.6 Å². The molecule has 5 heteroatoms. The van der Waals surface area contributed by atoms with Crippen LogP contribution in [-0.4, -0.2) is 21.9 Å². The number of aliphatic carboxylic acids is 1. The number of hydrogen-bond donors (Lipinski definition) is 1. The summed E-state index contributed by atoms with van der Waals surface area (Å²) in [6, 6.07) is 6.20. The van der Waals surface area contributed by atoms with Crippen molar-refractivity contribution in [3.05, 3.63) is 46.8 Å². The van der Waals surface area contributed by atoms with Gasteiger partial charge in [-0.3, -0.25) is 0 Å². The smallest absolute Gasteiger partial charge is 0.352 e. The molecule has 1 aliphatic heterocycles. The summed E-state index contributed by atoms with van der Waals surface area (Å²) >= 11 is 1.43. The van der Waals surface area contributed by atoms with Crippen LogP contribution in [0, 0.1) is 5.82 Å². The van der Waals surface area contributed by atoms with E-state index in [4.69, 9.17) is 5.11 Å². The van der Waals surface area contributed by atoms with E-state index in [-0.39, 0.29) is 11.5 Å². The molecule has 1 N–H and O–H groups in total. The zero-order valence-corrected chi connectivity index (χ0v) is 9.21. The average Bonchev–Trinajstić information content (AvgIpc) is 2.66. The first kappa shape index (κ1) is 11.0. The van der Waals surface area contributed by atoms with Gasteiger partial charge in [0.15, 0.2) is 0 Å². The Morgan fingerprint density at radius 1 is 1.56 bits per heavy atom. The van der Waals surface area contributed by atoms with E-state index in [1.54, 1.807) is 22.4 Å². The highest BCUT2D eigenvalue weighted by molar-refractivity contribution is 8.02. The lowest BCUT2D eigenvalue weighted by Crippen LogP contribution is -2.23. The molecule has 1 aromatic carbocycles. The monoisotopic (exact) mass is 239 g/mol. The van der Waals surface area contributed by atoms with Crippen molar-refractivity contribution in [2.75, 3.05) is 5.88 Å². The Bertz CT molecular complexity index is 447. The third kappa shape index (κ3) is 2.36. The molecule has 0 saturated carbocycles. The predicted molar refractivity (Wildman–Crippen MR) is 60.1 cm³/mol. The van der Waals surface area contributed by atoms with E-state index in [1.807, 2.05) is 0 Å². The maximum absolute atomic E-state index is 12.9. The van der Waals surface area contributed by atoms with E-state index in [0.29, 0.717) is 12.4 Å². The second kappa shape index (κ2) is 4.57. The fraction of sp³-hybridized carbons (Fsp3) is 0.182. The summed E-state index contributed by atoms with van der Waals surface area (Å²) in [4.78, 5) is 12.6. The van der Waals surface area contributed by atoms with E-state index in [0.717, 1.165) is 5.56 Å². The molecule has 84 valence electrons. The van der Waals surface area contributed by atoms with Crippen LogP contribution < -0.4 is 0 Å². The van der Waals surface area contributed by atoms with Crippen molar-refractivity contribution in [1.82, 2.24) is 4.90 Å². The quantitative estimate of drug-likeness (QED) is 0.878. The van der Waals surface area contributed by atoms with Gasteiger partial charge in [-0.1, -0.05) is 12.1 Å². The summed E-state index contributed by atoms with van der Waals surface area (Å²) in [5.74, 6) is -0.648. The summed E-state index contributed by atoms with van der Waals surface area (Å²) in [5, 5.41) is 10.5. The molecule has 2 rings (SSSR count). The Morgan fingerprint density at radius 2 is 2.38 bits per heavy atom. The lowest BCUT2D eigenvalue weighted by atomic mass is 10.2. The van der Waals surface area contributed by atoms with E-state index >= 15 is 0 Å². The van der Waals surface area contributed by atoms with Crippen LogP contribution >= 0.6 is 11.8 Å².